The number of hydrogen-bond acceptors (Lipinski definition) is 0. The lowest BCUT2D eigenvalue weighted by atomic mass is 9.53. The summed E-state index contributed by atoms with van der Waals surface area (Å²) < 4.78 is 67.8. The molecule has 54 heavy (non-hydrogen) atoms. The smallest absolute Gasteiger partial charge is 0.179 e. The molecule has 1 aliphatic heterocycles. The van der Waals surface area contributed by atoms with E-state index in [4.69, 9.17) is 2.74 Å². The van der Waals surface area contributed by atoms with Gasteiger partial charge < -0.3 is 4.57 Å². The molecule has 1 spiro atoms. The minimum Gasteiger partial charge on any atom is -0.309 e. The molecule has 0 saturated heterocycles. The normalized spacial score (nSPS) is 16.6. The van der Waals surface area contributed by atoms with Crippen LogP contribution in [0.5, 0.6) is 0 Å². The highest BCUT2D eigenvalue weighted by Gasteiger charge is 2.53. The van der Waals surface area contributed by atoms with E-state index in [-0.39, 0.29) is 52.5 Å². The molecule has 1 nitrogen and oxygen atoms in total. The molecule has 0 fully saturated rings. The van der Waals surface area contributed by atoms with Crippen molar-refractivity contribution in [3.05, 3.63) is 233 Å². The van der Waals surface area contributed by atoms with E-state index in [1.54, 1.807) is 0 Å². The summed E-state index contributed by atoms with van der Waals surface area (Å²) in [5.41, 5.74) is 5.24. The molecule has 2 aliphatic rings. The zero-order chi connectivity index (χ0) is 42.2. The molecule has 0 radical (unpaired) electrons. The zero-order valence-electron chi connectivity index (χ0n) is 37.0. The molecule has 0 N–H and O–H groups in total. The van der Waals surface area contributed by atoms with Gasteiger partial charge in [0, 0.05) is 16.2 Å². The molecule has 9 aromatic rings. The third-order valence-electron chi connectivity index (χ3n) is 12.3. The van der Waals surface area contributed by atoms with E-state index in [0.717, 1.165) is 38.7 Å². The Kier molecular flexibility index (Phi) is 5.25. The van der Waals surface area contributed by atoms with Gasteiger partial charge in [-0.3, -0.25) is 0 Å². The van der Waals surface area contributed by atoms with Crippen LogP contribution in [-0.2, 0) is 10.8 Å². The van der Waals surface area contributed by atoms with Crippen molar-refractivity contribution in [2.75, 3.05) is 0 Å². The van der Waals surface area contributed by atoms with Crippen molar-refractivity contribution >= 4 is 50.6 Å². The molecule has 0 atom stereocenters. The maximum atomic E-state index is 10.00. The quantitative estimate of drug-likeness (QED) is 0.127. The standard InChI is InChI=1S/C52H39NSi/c1-51(2)42-27-13-15-29-44(42)52(45-30-16-14-28-43(45)51)46-34-33-39(35-49(46)53-48-32-17-12-25-40(48)41-26-18-31-47(52)50(41)53)54(36-19-6-3-7-20-36,37-21-8-4-9-22-37)38-23-10-5-11-24-38/h3-35H,1-2H3/i12D,17D,18D,25D,26D,31D,32D. The average Bonchev–Trinajstić information content (AvgIpc) is 3.66. The van der Waals surface area contributed by atoms with Gasteiger partial charge in [0.1, 0.15) is 0 Å². The summed E-state index contributed by atoms with van der Waals surface area (Å²) in [4.78, 5) is 0. The molecule has 2 heteroatoms. The number of fused-ring (bicyclic) bond motifs is 11. The van der Waals surface area contributed by atoms with Crippen molar-refractivity contribution < 1.29 is 9.60 Å². The first-order chi connectivity index (χ1) is 29.5. The largest absolute Gasteiger partial charge is 0.309 e. The topological polar surface area (TPSA) is 4.93 Å². The highest BCUT2D eigenvalue weighted by Crippen LogP contribution is 2.60. The highest BCUT2D eigenvalue weighted by atomic mass is 28.3. The predicted molar refractivity (Wildman–Crippen MR) is 228 cm³/mol. The van der Waals surface area contributed by atoms with E-state index in [2.05, 4.69) is 141 Å². The number of para-hydroxylation sites is 2. The second-order valence-electron chi connectivity index (χ2n) is 15.1. The first kappa shape index (κ1) is 24.9. The van der Waals surface area contributed by atoms with Gasteiger partial charge in [-0.05, 0) is 66.2 Å². The van der Waals surface area contributed by atoms with E-state index < -0.39 is 24.9 Å². The van der Waals surface area contributed by atoms with Crippen molar-refractivity contribution in [1.82, 2.24) is 4.57 Å². The fourth-order valence-electron chi connectivity index (χ4n) is 10.1. The molecule has 0 saturated carbocycles. The second-order valence-corrected chi connectivity index (χ2v) is 18.9. The third-order valence-corrected chi connectivity index (χ3v) is 17.1. The number of benzene rings is 8. The lowest BCUT2D eigenvalue weighted by Gasteiger charge is -2.50. The lowest BCUT2D eigenvalue weighted by molar-refractivity contribution is 0.556. The van der Waals surface area contributed by atoms with Gasteiger partial charge in [0.15, 0.2) is 8.07 Å². The van der Waals surface area contributed by atoms with Gasteiger partial charge in [0.25, 0.3) is 0 Å². The van der Waals surface area contributed by atoms with Gasteiger partial charge in [0.2, 0.25) is 0 Å². The van der Waals surface area contributed by atoms with Gasteiger partial charge in [-0.15, -0.1) is 0 Å². The van der Waals surface area contributed by atoms with Crippen LogP contribution >= 0.6 is 0 Å². The Hall–Kier alpha value is -6.22. The van der Waals surface area contributed by atoms with Gasteiger partial charge in [0.05, 0.1) is 31.7 Å². The fraction of sp³-hybridized carbons (Fsp3) is 0.0769. The van der Waals surface area contributed by atoms with Crippen molar-refractivity contribution in [1.29, 1.82) is 0 Å². The van der Waals surface area contributed by atoms with Crippen molar-refractivity contribution in [3.63, 3.8) is 0 Å². The Bertz CT molecular complexity index is 3160. The fourth-order valence-corrected chi connectivity index (χ4v) is 14.9. The van der Waals surface area contributed by atoms with Crippen LogP contribution in [0.2, 0.25) is 0 Å². The molecule has 8 aromatic carbocycles. The number of aromatic nitrogens is 1. The Balaban J connectivity index is 1.43. The van der Waals surface area contributed by atoms with Gasteiger partial charge in [-0.25, -0.2) is 0 Å². The summed E-state index contributed by atoms with van der Waals surface area (Å²) in [5, 5.41) is 5.04. The van der Waals surface area contributed by atoms with E-state index in [1.165, 1.54) is 15.6 Å². The van der Waals surface area contributed by atoms with E-state index in [9.17, 15) is 6.85 Å². The Labute approximate surface area is 327 Å². The van der Waals surface area contributed by atoms with Crippen LogP contribution in [0, 0.1) is 0 Å². The van der Waals surface area contributed by atoms with Crippen LogP contribution in [-0.4, -0.2) is 12.6 Å². The van der Waals surface area contributed by atoms with Crippen LogP contribution in [0.3, 0.4) is 0 Å². The first-order valence-electron chi connectivity index (χ1n) is 22.0. The molecule has 0 bridgehead atoms. The maximum absolute atomic E-state index is 10.00. The Morgan fingerprint density at radius 1 is 0.444 bits per heavy atom. The summed E-state index contributed by atoms with van der Waals surface area (Å²) >= 11 is 0. The second kappa shape index (κ2) is 11.4. The average molecular weight is 713 g/mol. The molecular formula is C52H39NSi. The van der Waals surface area contributed by atoms with E-state index in [1.807, 2.05) is 34.9 Å². The Morgan fingerprint density at radius 3 is 1.52 bits per heavy atom. The summed E-state index contributed by atoms with van der Waals surface area (Å²) in [6.07, 6.45) is 0. The molecule has 0 unspecified atom stereocenters. The molecule has 1 aromatic heterocycles. The summed E-state index contributed by atoms with van der Waals surface area (Å²) in [7, 11) is -3.15. The third kappa shape index (κ3) is 3.88. The van der Waals surface area contributed by atoms with Crippen molar-refractivity contribution in [3.8, 4) is 5.69 Å². The van der Waals surface area contributed by atoms with Crippen molar-refractivity contribution in [2.45, 2.75) is 24.7 Å². The predicted octanol–water partition coefficient (Wildman–Crippen LogP) is 9.50. The molecule has 2 heterocycles. The van der Waals surface area contributed by atoms with Gasteiger partial charge >= 0.3 is 0 Å². The van der Waals surface area contributed by atoms with Crippen LogP contribution in [0.15, 0.2) is 200 Å². The van der Waals surface area contributed by atoms with E-state index >= 15 is 0 Å². The van der Waals surface area contributed by atoms with Crippen LogP contribution in [0.4, 0.5) is 0 Å². The van der Waals surface area contributed by atoms with Crippen LogP contribution in [0.1, 0.15) is 56.8 Å². The van der Waals surface area contributed by atoms with E-state index in [0.29, 0.717) is 11.1 Å². The Morgan fingerprint density at radius 2 is 0.944 bits per heavy atom. The molecular weight excluding hydrogens is 667 g/mol. The monoisotopic (exact) mass is 712 g/mol. The minimum atomic E-state index is -3.15. The van der Waals surface area contributed by atoms with Crippen LogP contribution < -0.4 is 20.7 Å². The number of nitrogens with zero attached hydrogens (tertiary/aromatic N) is 1. The first-order valence-corrected chi connectivity index (χ1v) is 20.5. The number of rotatable bonds is 4. The summed E-state index contributed by atoms with van der Waals surface area (Å²) in [6, 6.07) is 53.5. The SMILES string of the molecule is [2H]c1c([2H])c([2H])c2c(c1[2H])c1c([2H])c([2H])c([2H])c3c1n2-c1cc([Si](c2ccccc2)(c2ccccc2)c2ccccc2)ccc1C31c2ccccc2C(C)(C)c2ccccc21. The molecule has 0 amide bonds. The summed E-state index contributed by atoms with van der Waals surface area (Å²) in [6.45, 7) is 4.45. The highest BCUT2D eigenvalue weighted by molar-refractivity contribution is 7.19. The van der Waals surface area contributed by atoms with Gasteiger partial charge in [-0.2, -0.15) is 0 Å². The van der Waals surface area contributed by atoms with Crippen LogP contribution in [0.25, 0.3) is 27.5 Å². The molecule has 11 rings (SSSR count). The minimum absolute atomic E-state index is 0.0996. The van der Waals surface area contributed by atoms with Gasteiger partial charge in [-0.1, -0.05) is 202 Å². The van der Waals surface area contributed by atoms with Crippen molar-refractivity contribution in [2.24, 2.45) is 0 Å². The molecule has 1 aliphatic carbocycles. The number of hydrogen-bond donors (Lipinski definition) is 0. The lowest BCUT2D eigenvalue weighted by Crippen LogP contribution is -2.74. The molecule has 256 valence electrons. The maximum Gasteiger partial charge on any atom is 0.179 e. The summed E-state index contributed by atoms with van der Waals surface area (Å²) in [5.74, 6) is 0. The zero-order valence-corrected chi connectivity index (χ0v) is 31.0.